The lowest BCUT2D eigenvalue weighted by Gasteiger charge is -2.23. The van der Waals surface area contributed by atoms with Gasteiger partial charge in [0.1, 0.15) is 0 Å². The molecular formula is C15H18N2O3S. The first-order chi connectivity index (χ1) is 9.96. The van der Waals surface area contributed by atoms with Gasteiger partial charge in [-0.05, 0) is 18.1 Å². The van der Waals surface area contributed by atoms with Gasteiger partial charge in [-0.3, -0.25) is 4.79 Å². The molecule has 1 saturated heterocycles. The zero-order chi connectivity index (χ0) is 15.0. The van der Waals surface area contributed by atoms with Crippen LogP contribution in [0.4, 0.5) is 0 Å². The normalized spacial score (nSPS) is 20.7. The number of nitrogens with zero attached hydrogens (tertiary/aromatic N) is 1. The van der Waals surface area contributed by atoms with Crippen molar-refractivity contribution in [1.82, 2.24) is 9.88 Å². The van der Waals surface area contributed by atoms with Crippen LogP contribution >= 0.6 is 0 Å². The van der Waals surface area contributed by atoms with E-state index in [1.165, 1.54) is 0 Å². The zero-order valence-corrected chi connectivity index (χ0v) is 12.7. The molecule has 1 atom stereocenters. The highest BCUT2D eigenvalue weighted by molar-refractivity contribution is 7.91. The molecule has 2 aromatic rings. The van der Waals surface area contributed by atoms with Crippen molar-refractivity contribution in [3.63, 3.8) is 0 Å². The number of likely N-dealkylation sites (N-methyl/N-ethyl adjacent to an activating group) is 1. The highest BCUT2D eigenvalue weighted by atomic mass is 32.2. The largest absolute Gasteiger partial charge is 0.361 e. The van der Waals surface area contributed by atoms with Gasteiger partial charge in [0.2, 0.25) is 5.91 Å². The van der Waals surface area contributed by atoms with Crippen molar-refractivity contribution < 1.29 is 13.2 Å². The Bertz CT molecular complexity index is 779. The monoisotopic (exact) mass is 306 g/mol. The SMILES string of the molecule is CN(C(=O)Cc1c[nH]c2ccccc12)[C@@H]1CCS(=O)(=O)C1. The molecule has 1 aromatic heterocycles. The lowest BCUT2D eigenvalue weighted by molar-refractivity contribution is -0.130. The first-order valence-corrected chi connectivity index (χ1v) is 8.79. The quantitative estimate of drug-likeness (QED) is 0.930. The number of para-hydroxylation sites is 1. The van der Waals surface area contributed by atoms with Crippen molar-refractivity contribution in [3.05, 3.63) is 36.0 Å². The molecule has 1 N–H and O–H groups in total. The minimum Gasteiger partial charge on any atom is -0.361 e. The second-order valence-electron chi connectivity index (χ2n) is 5.60. The molecule has 1 amide bonds. The second-order valence-corrected chi connectivity index (χ2v) is 7.83. The van der Waals surface area contributed by atoms with E-state index >= 15 is 0 Å². The number of carbonyl (C=O) groups excluding carboxylic acids is 1. The molecule has 0 radical (unpaired) electrons. The van der Waals surface area contributed by atoms with Crippen LogP contribution in [0.25, 0.3) is 10.9 Å². The number of nitrogens with one attached hydrogen (secondary N) is 1. The molecule has 6 heteroatoms. The van der Waals surface area contributed by atoms with Crippen molar-refractivity contribution in [2.75, 3.05) is 18.6 Å². The Morgan fingerprint density at radius 1 is 1.38 bits per heavy atom. The Kier molecular flexibility index (Phi) is 3.49. The molecule has 0 aliphatic carbocycles. The van der Waals surface area contributed by atoms with E-state index in [4.69, 9.17) is 0 Å². The minimum atomic E-state index is -2.97. The summed E-state index contributed by atoms with van der Waals surface area (Å²) in [6.07, 6.45) is 2.68. The van der Waals surface area contributed by atoms with Crippen LogP contribution in [0.3, 0.4) is 0 Å². The first kappa shape index (κ1) is 14.1. The Balaban J connectivity index is 1.74. The Labute approximate surface area is 123 Å². The van der Waals surface area contributed by atoms with Gasteiger partial charge < -0.3 is 9.88 Å². The van der Waals surface area contributed by atoms with Gasteiger partial charge in [-0.15, -0.1) is 0 Å². The number of aromatic nitrogens is 1. The van der Waals surface area contributed by atoms with Gasteiger partial charge in [-0.2, -0.15) is 0 Å². The number of benzene rings is 1. The fraction of sp³-hybridized carbons (Fsp3) is 0.400. The van der Waals surface area contributed by atoms with E-state index in [9.17, 15) is 13.2 Å². The fourth-order valence-corrected chi connectivity index (χ4v) is 4.62. The fourth-order valence-electron chi connectivity index (χ4n) is 2.85. The van der Waals surface area contributed by atoms with Gasteiger partial charge in [0.25, 0.3) is 0 Å². The summed E-state index contributed by atoms with van der Waals surface area (Å²) in [6, 6.07) is 7.65. The van der Waals surface area contributed by atoms with Crippen LogP contribution in [0.15, 0.2) is 30.5 Å². The summed E-state index contributed by atoms with van der Waals surface area (Å²) >= 11 is 0. The number of hydrogen-bond donors (Lipinski definition) is 1. The number of H-pyrrole nitrogens is 1. The van der Waals surface area contributed by atoms with Crippen molar-refractivity contribution in [3.8, 4) is 0 Å². The third-order valence-corrected chi connectivity index (χ3v) is 5.92. The lowest BCUT2D eigenvalue weighted by Crippen LogP contribution is -2.38. The Morgan fingerprint density at radius 3 is 2.86 bits per heavy atom. The van der Waals surface area contributed by atoms with E-state index in [0.29, 0.717) is 6.42 Å². The number of aromatic amines is 1. The summed E-state index contributed by atoms with van der Waals surface area (Å²) in [7, 11) is -1.27. The highest BCUT2D eigenvalue weighted by Crippen LogP contribution is 2.21. The van der Waals surface area contributed by atoms with Gasteiger partial charge >= 0.3 is 0 Å². The molecule has 1 aliphatic heterocycles. The van der Waals surface area contributed by atoms with Crippen molar-refractivity contribution in [2.24, 2.45) is 0 Å². The molecule has 1 fully saturated rings. The summed E-state index contributed by atoms with van der Waals surface area (Å²) in [5, 5.41) is 1.04. The molecule has 0 unspecified atom stereocenters. The number of hydrogen-bond acceptors (Lipinski definition) is 3. The van der Waals surface area contributed by atoms with Crippen LogP contribution in [0.2, 0.25) is 0 Å². The van der Waals surface area contributed by atoms with Gasteiger partial charge in [0, 0.05) is 30.2 Å². The van der Waals surface area contributed by atoms with Crippen LogP contribution in [0, 0.1) is 0 Å². The van der Waals surface area contributed by atoms with E-state index < -0.39 is 9.84 Å². The summed E-state index contributed by atoms with van der Waals surface area (Å²) in [6.45, 7) is 0. The predicted octanol–water partition coefficient (Wildman–Crippen LogP) is 1.36. The molecule has 3 rings (SSSR count). The van der Waals surface area contributed by atoms with E-state index in [-0.39, 0.29) is 29.9 Å². The summed E-state index contributed by atoms with van der Waals surface area (Å²) in [5.74, 6) is 0.229. The van der Waals surface area contributed by atoms with Crippen molar-refractivity contribution in [2.45, 2.75) is 18.9 Å². The van der Waals surface area contributed by atoms with Crippen LogP contribution in [0.5, 0.6) is 0 Å². The molecule has 1 aromatic carbocycles. The van der Waals surface area contributed by atoms with Gasteiger partial charge in [0.15, 0.2) is 9.84 Å². The minimum absolute atomic E-state index is 0.0400. The maximum atomic E-state index is 12.4. The predicted molar refractivity (Wildman–Crippen MR) is 81.8 cm³/mol. The van der Waals surface area contributed by atoms with E-state index in [0.717, 1.165) is 16.5 Å². The molecule has 0 bridgehead atoms. The first-order valence-electron chi connectivity index (χ1n) is 6.97. The Hall–Kier alpha value is -1.82. The third-order valence-electron chi connectivity index (χ3n) is 4.17. The zero-order valence-electron chi connectivity index (χ0n) is 11.9. The van der Waals surface area contributed by atoms with E-state index in [1.54, 1.807) is 11.9 Å². The maximum absolute atomic E-state index is 12.4. The van der Waals surface area contributed by atoms with Crippen molar-refractivity contribution >= 4 is 26.6 Å². The number of sulfone groups is 1. The summed E-state index contributed by atoms with van der Waals surface area (Å²) < 4.78 is 23.0. The third kappa shape index (κ3) is 2.81. The van der Waals surface area contributed by atoms with Crippen LogP contribution < -0.4 is 0 Å². The summed E-state index contributed by atoms with van der Waals surface area (Å²) in [4.78, 5) is 17.1. The van der Waals surface area contributed by atoms with Crippen molar-refractivity contribution in [1.29, 1.82) is 0 Å². The molecule has 5 nitrogen and oxygen atoms in total. The molecule has 1 aliphatic rings. The van der Waals surface area contributed by atoms with Gasteiger partial charge in [-0.25, -0.2) is 8.42 Å². The molecular weight excluding hydrogens is 288 g/mol. The molecule has 112 valence electrons. The average Bonchev–Trinajstić information content (AvgIpc) is 3.02. The molecule has 0 saturated carbocycles. The number of rotatable bonds is 3. The van der Waals surface area contributed by atoms with Gasteiger partial charge in [0.05, 0.1) is 17.9 Å². The topological polar surface area (TPSA) is 70.2 Å². The molecule has 21 heavy (non-hydrogen) atoms. The average molecular weight is 306 g/mol. The van der Waals surface area contributed by atoms with E-state index in [1.807, 2.05) is 30.5 Å². The molecule has 0 spiro atoms. The standard InChI is InChI=1S/C15H18N2O3S/c1-17(12-6-7-21(19,20)10-12)15(18)8-11-9-16-14-5-3-2-4-13(11)14/h2-5,9,12,16H,6-8,10H2,1H3/t12-/m1/s1. The summed E-state index contributed by atoms with van der Waals surface area (Å²) in [5.41, 5.74) is 1.95. The van der Waals surface area contributed by atoms with Crippen LogP contribution in [0.1, 0.15) is 12.0 Å². The lowest BCUT2D eigenvalue weighted by atomic mass is 10.1. The highest BCUT2D eigenvalue weighted by Gasteiger charge is 2.32. The molecule has 2 heterocycles. The van der Waals surface area contributed by atoms with Crippen LogP contribution in [-0.4, -0.2) is 48.8 Å². The van der Waals surface area contributed by atoms with E-state index in [2.05, 4.69) is 4.98 Å². The Morgan fingerprint density at radius 2 is 2.14 bits per heavy atom. The second kappa shape index (κ2) is 5.18. The van der Waals surface area contributed by atoms with Crippen LogP contribution in [-0.2, 0) is 21.1 Å². The number of carbonyl (C=O) groups is 1. The maximum Gasteiger partial charge on any atom is 0.227 e. The smallest absolute Gasteiger partial charge is 0.227 e. The number of fused-ring (bicyclic) bond motifs is 1. The van der Waals surface area contributed by atoms with Gasteiger partial charge in [-0.1, -0.05) is 18.2 Å². The number of amides is 1.